The number of carbonyl (C=O) groups is 1. The number of hydrogen-bond acceptors (Lipinski definition) is 6. The standard InChI is InChI=1S/C20H17FN6OS/c1-12-3-4-14(9-17(12)21)8-16-10-22-20(29-16)24-19(28)15-5-6-18(13(2)7-15)27-11-23-25-26-27/h3-7,9-11H,8H2,1-2H3,(H,22,24,28). The molecule has 2 aromatic heterocycles. The summed E-state index contributed by atoms with van der Waals surface area (Å²) in [4.78, 5) is 17.8. The van der Waals surface area contributed by atoms with Crippen LogP contribution in [0.3, 0.4) is 0 Å². The number of nitrogens with zero attached hydrogens (tertiary/aromatic N) is 5. The Kier molecular flexibility index (Phi) is 5.13. The van der Waals surface area contributed by atoms with E-state index in [-0.39, 0.29) is 11.7 Å². The molecule has 29 heavy (non-hydrogen) atoms. The molecule has 9 heteroatoms. The minimum Gasteiger partial charge on any atom is -0.298 e. The Labute approximate surface area is 170 Å². The Bertz CT molecular complexity index is 1170. The van der Waals surface area contributed by atoms with Crippen LogP contribution < -0.4 is 5.32 Å². The Morgan fingerprint density at radius 2 is 2.03 bits per heavy atom. The van der Waals surface area contributed by atoms with Gasteiger partial charge in [-0.2, -0.15) is 0 Å². The molecule has 0 aliphatic carbocycles. The van der Waals surface area contributed by atoms with Crippen LogP contribution in [0.2, 0.25) is 0 Å². The fourth-order valence-electron chi connectivity index (χ4n) is 2.89. The second-order valence-corrected chi connectivity index (χ2v) is 7.72. The van der Waals surface area contributed by atoms with Gasteiger partial charge in [-0.05, 0) is 65.2 Å². The summed E-state index contributed by atoms with van der Waals surface area (Å²) in [6.45, 7) is 3.62. The predicted octanol–water partition coefficient (Wildman–Crippen LogP) is 3.72. The van der Waals surface area contributed by atoms with Crippen molar-refractivity contribution in [2.24, 2.45) is 0 Å². The van der Waals surface area contributed by atoms with Crippen LogP contribution in [-0.4, -0.2) is 31.1 Å². The average molecular weight is 408 g/mol. The van der Waals surface area contributed by atoms with Crippen molar-refractivity contribution < 1.29 is 9.18 Å². The van der Waals surface area contributed by atoms with Crippen molar-refractivity contribution in [3.8, 4) is 5.69 Å². The summed E-state index contributed by atoms with van der Waals surface area (Å²) in [5.41, 5.74) is 3.66. The van der Waals surface area contributed by atoms with Crippen LogP contribution in [0.15, 0.2) is 48.9 Å². The zero-order valence-corrected chi connectivity index (χ0v) is 16.6. The maximum absolute atomic E-state index is 13.7. The van der Waals surface area contributed by atoms with Gasteiger partial charge in [-0.15, -0.1) is 16.4 Å². The molecule has 0 saturated heterocycles. The molecule has 2 heterocycles. The molecule has 0 fully saturated rings. The third-order valence-corrected chi connectivity index (χ3v) is 5.36. The van der Waals surface area contributed by atoms with Gasteiger partial charge in [-0.1, -0.05) is 12.1 Å². The van der Waals surface area contributed by atoms with E-state index in [0.29, 0.717) is 22.7 Å². The lowest BCUT2D eigenvalue weighted by Gasteiger charge is -2.07. The summed E-state index contributed by atoms with van der Waals surface area (Å²) >= 11 is 1.37. The lowest BCUT2D eigenvalue weighted by molar-refractivity contribution is 0.102. The third-order valence-electron chi connectivity index (χ3n) is 4.44. The van der Waals surface area contributed by atoms with Gasteiger partial charge in [-0.25, -0.2) is 14.1 Å². The number of amides is 1. The SMILES string of the molecule is Cc1ccc(Cc2cnc(NC(=O)c3ccc(-n4cnnn4)c(C)c3)s2)cc1F. The molecular formula is C20H17FN6OS. The number of anilines is 1. The fraction of sp³-hybridized carbons (Fsp3) is 0.150. The molecule has 2 aromatic carbocycles. The first-order valence-corrected chi connectivity index (χ1v) is 9.66. The van der Waals surface area contributed by atoms with Gasteiger partial charge in [0, 0.05) is 23.1 Å². The normalized spacial score (nSPS) is 10.9. The summed E-state index contributed by atoms with van der Waals surface area (Å²) < 4.78 is 15.3. The minimum atomic E-state index is -0.251. The third kappa shape index (κ3) is 4.19. The smallest absolute Gasteiger partial charge is 0.257 e. The van der Waals surface area contributed by atoms with E-state index in [4.69, 9.17) is 0 Å². The van der Waals surface area contributed by atoms with Gasteiger partial charge in [0.05, 0.1) is 5.69 Å². The number of nitrogens with one attached hydrogen (secondary N) is 1. The molecule has 0 saturated carbocycles. The minimum absolute atomic E-state index is 0.221. The van der Waals surface area contributed by atoms with Crippen molar-refractivity contribution >= 4 is 22.4 Å². The first-order chi connectivity index (χ1) is 14.0. The second kappa shape index (κ2) is 7.88. The van der Waals surface area contributed by atoms with E-state index in [1.807, 2.05) is 13.0 Å². The molecule has 7 nitrogen and oxygen atoms in total. The molecule has 0 spiro atoms. The lowest BCUT2D eigenvalue weighted by Crippen LogP contribution is -2.12. The second-order valence-electron chi connectivity index (χ2n) is 6.60. The first-order valence-electron chi connectivity index (χ1n) is 8.85. The van der Waals surface area contributed by atoms with Gasteiger partial charge in [0.15, 0.2) is 5.13 Å². The van der Waals surface area contributed by atoms with Crippen molar-refractivity contribution in [1.82, 2.24) is 25.2 Å². The Balaban J connectivity index is 1.45. The van der Waals surface area contributed by atoms with E-state index in [1.165, 1.54) is 28.4 Å². The Hall–Kier alpha value is -3.46. The first kappa shape index (κ1) is 18.9. The number of aryl methyl sites for hydroxylation is 2. The number of aromatic nitrogens is 5. The number of benzene rings is 2. The van der Waals surface area contributed by atoms with Crippen LogP contribution >= 0.6 is 11.3 Å². The molecule has 0 unspecified atom stereocenters. The number of rotatable bonds is 5. The van der Waals surface area contributed by atoms with Crippen LogP contribution in [0.5, 0.6) is 0 Å². The molecule has 0 radical (unpaired) electrons. The van der Waals surface area contributed by atoms with Gasteiger partial charge in [0.2, 0.25) is 0 Å². The molecule has 0 bridgehead atoms. The molecule has 0 atom stereocenters. The van der Waals surface area contributed by atoms with Crippen LogP contribution in [0.4, 0.5) is 9.52 Å². The topological polar surface area (TPSA) is 85.6 Å². The molecule has 4 rings (SSSR count). The maximum atomic E-state index is 13.7. The lowest BCUT2D eigenvalue weighted by atomic mass is 10.1. The largest absolute Gasteiger partial charge is 0.298 e. The monoisotopic (exact) mass is 408 g/mol. The molecular weight excluding hydrogens is 391 g/mol. The van der Waals surface area contributed by atoms with Crippen molar-refractivity contribution in [3.05, 3.63) is 81.9 Å². The highest BCUT2D eigenvalue weighted by Gasteiger charge is 2.12. The van der Waals surface area contributed by atoms with Gasteiger partial charge in [0.25, 0.3) is 5.91 Å². The van der Waals surface area contributed by atoms with E-state index in [9.17, 15) is 9.18 Å². The number of halogens is 1. The van der Waals surface area contributed by atoms with Crippen LogP contribution in [-0.2, 0) is 6.42 Å². The number of carbonyl (C=O) groups excluding carboxylic acids is 1. The van der Waals surface area contributed by atoms with Crippen molar-refractivity contribution in [3.63, 3.8) is 0 Å². The summed E-state index contributed by atoms with van der Waals surface area (Å²) in [5, 5.41) is 14.4. The maximum Gasteiger partial charge on any atom is 0.257 e. The molecule has 4 aromatic rings. The van der Waals surface area contributed by atoms with Crippen molar-refractivity contribution in [2.75, 3.05) is 5.32 Å². The summed E-state index contributed by atoms with van der Waals surface area (Å²) in [7, 11) is 0. The highest BCUT2D eigenvalue weighted by molar-refractivity contribution is 7.15. The number of hydrogen-bond donors (Lipinski definition) is 1. The van der Waals surface area contributed by atoms with Gasteiger partial charge < -0.3 is 0 Å². The summed E-state index contributed by atoms with van der Waals surface area (Å²) in [6.07, 6.45) is 3.76. The van der Waals surface area contributed by atoms with Crippen molar-refractivity contribution in [1.29, 1.82) is 0 Å². The average Bonchev–Trinajstić information content (AvgIpc) is 3.37. The van der Waals surface area contributed by atoms with E-state index in [1.54, 1.807) is 37.4 Å². The van der Waals surface area contributed by atoms with E-state index >= 15 is 0 Å². The summed E-state index contributed by atoms with van der Waals surface area (Å²) in [5.74, 6) is -0.473. The highest BCUT2D eigenvalue weighted by atomic mass is 32.1. The molecule has 1 N–H and O–H groups in total. The van der Waals surface area contributed by atoms with E-state index < -0.39 is 0 Å². The highest BCUT2D eigenvalue weighted by Crippen LogP contribution is 2.23. The molecule has 1 amide bonds. The fourth-order valence-corrected chi connectivity index (χ4v) is 3.73. The Morgan fingerprint density at radius 3 is 2.76 bits per heavy atom. The van der Waals surface area contributed by atoms with Crippen LogP contribution in [0, 0.1) is 19.7 Å². The molecule has 146 valence electrons. The Morgan fingerprint density at radius 1 is 1.17 bits per heavy atom. The van der Waals surface area contributed by atoms with Gasteiger partial charge in [0.1, 0.15) is 12.1 Å². The zero-order chi connectivity index (χ0) is 20.4. The quantitative estimate of drug-likeness (QED) is 0.544. The number of thiazole rings is 1. The van der Waals surface area contributed by atoms with Gasteiger partial charge in [-0.3, -0.25) is 10.1 Å². The van der Waals surface area contributed by atoms with Crippen molar-refractivity contribution in [2.45, 2.75) is 20.3 Å². The van der Waals surface area contributed by atoms with Crippen LogP contribution in [0.25, 0.3) is 5.69 Å². The zero-order valence-electron chi connectivity index (χ0n) is 15.8. The van der Waals surface area contributed by atoms with E-state index in [0.717, 1.165) is 21.7 Å². The van der Waals surface area contributed by atoms with Gasteiger partial charge >= 0.3 is 0 Å². The molecule has 0 aliphatic heterocycles. The number of tetrazole rings is 1. The van der Waals surface area contributed by atoms with E-state index in [2.05, 4.69) is 25.8 Å². The summed E-state index contributed by atoms with van der Waals surface area (Å²) in [6, 6.07) is 10.5. The predicted molar refractivity (Wildman–Crippen MR) is 108 cm³/mol. The molecule has 0 aliphatic rings. The van der Waals surface area contributed by atoms with Crippen LogP contribution in [0.1, 0.15) is 31.9 Å².